The summed E-state index contributed by atoms with van der Waals surface area (Å²) in [5, 5.41) is 0. The lowest BCUT2D eigenvalue weighted by Crippen LogP contribution is -2.47. The average molecular weight is 632 g/mol. The summed E-state index contributed by atoms with van der Waals surface area (Å²) in [5.41, 5.74) is -0.959. The Kier molecular flexibility index (Phi) is 8.52. The molecule has 4 aromatic rings. The van der Waals surface area contributed by atoms with Gasteiger partial charge in [0.2, 0.25) is 0 Å². The molecule has 2 aromatic carbocycles. The second kappa shape index (κ2) is 12.0. The maximum atomic E-state index is 14.6. The maximum absolute atomic E-state index is 14.6. The minimum atomic E-state index is -0.934. The third-order valence-corrected chi connectivity index (χ3v) is 8.51. The molecule has 44 heavy (non-hydrogen) atoms. The largest absolute Gasteiger partial charge is 0.496 e. The fraction of sp³-hybridized carbons (Fsp3) is 0.387. The molecule has 0 unspecified atom stereocenters. The Labute approximate surface area is 255 Å². The normalized spacial score (nSPS) is 14.2. The Hall–Kier alpha value is -4.26. The summed E-state index contributed by atoms with van der Waals surface area (Å²) >= 11 is 1.10. The van der Waals surface area contributed by atoms with Crippen LogP contribution in [0, 0.1) is 17.5 Å². The van der Waals surface area contributed by atoms with Crippen LogP contribution in [0.25, 0.3) is 20.7 Å². The van der Waals surface area contributed by atoms with Crippen molar-refractivity contribution in [1.29, 1.82) is 0 Å². The molecule has 0 spiro atoms. The van der Waals surface area contributed by atoms with Gasteiger partial charge in [-0.05, 0) is 69.5 Å². The minimum absolute atomic E-state index is 0.140. The number of likely N-dealkylation sites (tertiary alicyclic amines) is 1. The van der Waals surface area contributed by atoms with E-state index in [1.54, 1.807) is 26.8 Å². The number of piperidine rings is 1. The number of methoxy groups -OCH3 is 2. The highest BCUT2D eigenvalue weighted by Gasteiger charge is 2.30. The molecule has 234 valence electrons. The van der Waals surface area contributed by atoms with E-state index < -0.39 is 52.2 Å². The molecule has 1 aliphatic heterocycles. The molecular weight excluding hydrogens is 599 g/mol. The van der Waals surface area contributed by atoms with Crippen molar-refractivity contribution in [2.24, 2.45) is 0 Å². The molecule has 1 amide bonds. The van der Waals surface area contributed by atoms with E-state index >= 15 is 0 Å². The van der Waals surface area contributed by atoms with Gasteiger partial charge in [-0.2, -0.15) is 0 Å². The number of nitrogens with zero attached hydrogens (tertiary/aromatic N) is 3. The third-order valence-electron chi connectivity index (χ3n) is 7.37. The molecule has 1 aliphatic rings. The Balaban J connectivity index is 1.62. The molecule has 1 fully saturated rings. The predicted molar refractivity (Wildman–Crippen MR) is 160 cm³/mol. The second-order valence-electron chi connectivity index (χ2n) is 11.5. The number of fused-ring (bicyclic) bond motifs is 1. The first kappa shape index (κ1) is 31.2. The van der Waals surface area contributed by atoms with Gasteiger partial charge in [-0.25, -0.2) is 22.8 Å². The van der Waals surface area contributed by atoms with Crippen molar-refractivity contribution in [3.63, 3.8) is 0 Å². The third kappa shape index (κ3) is 6.05. The monoisotopic (exact) mass is 631 g/mol. The number of rotatable bonds is 6. The van der Waals surface area contributed by atoms with Crippen LogP contribution < -0.4 is 20.7 Å². The van der Waals surface area contributed by atoms with Crippen molar-refractivity contribution < 1.29 is 32.2 Å². The SMILES string of the molecule is COc1cc(F)ccc1-c1cc2c(s1)c(=O)n(C1CCN(C(=O)OC(C)(C)C)CC1)c(=O)n2Cc1cc(F)c(OC)c(F)c1. The van der Waals surface area contributed by atoms with Crippen molar-refractivity contribution in [3.8, 4) is 21.9 Å². The topological polar surface area (TPSA) is 92.0 Å². The number of ether oxygens (including phenoxy) is 3. The van der Waals surface area contributed by atoms with Gasteiger partial charge in [-0.15, -0.1) is 11.3 Å². The number of amides is 1. The van der Waals surface area contributed by atoms with Crippen molar-refractivity contribution in [3.05, 3.63) is 80.3 Å². The van der Waals surface area contributed by atoms with E-state index in [1.807, 2.05) is 0 Å². The summed E-state index contributed by atoms with van der Waals surface area (Å²) in [7, 11) is 2.54. The van der Waals surface area contributed by atoms with Crippen LogP contribution in [-0.2, 0) is 11.3 Å². The van der Waals surface area contributed by atoms with Gasteiger partial charge >= 0.3 is 11.8 Å². The van der Waals surface area contributed by atoms with Crippen LogP contribution in [-0.4, -0.2) is 53.0 Å². The molecule has 0 N–H and O–H groups in total. The molecule has 9 nitrogen and oxygen atoms in total. The number of benzene rings is 2. The molecule has 0 atom stereocenters. The minimum Gasteiger partial charge on any atom is -0.496 e. The number of carbonyl (C=O) groups excluding carboxylic acids is 1. The standard InChI is InChI=1S/C31H32F3N3O6S/c1-31(2,3)43-30(40)35-10-8-19(9-11-35)37-28(38)27-23(15-25(44-27)20-7-6-18(32)14-24(20)41-4)36(29(37)39)16-17-12-21(33)26(42-5)22(34)13-17/h6-7,12-15,19H,8-11,16H2,1-5H3. The Morgan fingerprint density at radius 2 is 1.64 bits per heavy atom. The zero-order valence-electron chi connectivity index (χ0n) is 24.9. The lowest BCUT2D eigenvalue weighted by atomic mass is 10.1. The first-order chi connectivity index (χ1) is 20.8. The van der Waals surface area contributed by atoms with Crippen LogP contribution in [0.15, 0.2) is 46.0 Å². The van der Waals surface area contributed by atoms with Gasteiger partial charge in [0.05, 0.1) is 26.3 Å². The lowest BCUT2D eigenvalue weighted by molar-refractivity contribution is 0.0186. The van der Waals surface area contributed by atoms with E-state index in [0.29, 0.717) is 23.3 Å². The number of aromatic nitrogens is 2. The van der Waals surface area contributed by atoms with E-state index in [4.69, 9.17) is 14.2 Å². The molecule has 3 heterocycles. The van der Waals surface area contributed by atoms with E-state index in [2.05, 4.69) is 0 Å². The lowest BCUT2D eigenvalue weighted by Gasteiger charge is -2.34. The highest BCUT2D eigenvalue weighted by atomic mass is 32.1. The molecule has 5 rings (SSSR count). The summed E-state index contributed by atoms with van der Waals surface area (Å²) in [6.45, 7) is 5.59. The second-order valence-corrected chi connectivity index (χ2v) is 12.6. The average Bonchev–Trinajstić information content (AvgIpc) is 3.40. The number of hydrogen-bond donors (Lipinski definition) is 0. The van der Waals surface area contributed by atoms with Crippen molar-refractivity contribution in [2.75, 3.05) is 27.3 Å². The van der Waals surface area contributed by atoms with Gasteiger partial charge in [-0.1, -0.05) is 0 Å². The Morgan fingerprint density at radius 3 is 2.23 bits per heavy atom. The molecular formula is C31H32F3N3O6S. The summed E-state index contributed by atoms with van der Waals surface area (Å²) in [5.74, 6) is -2.69. The molecule has 0 aliphatic carbocycles. The van der Waals surface area contributed by atoms with Crippen LogP contribution in [0.1, 0.15) is 45.2 Å². The summed E-state index contributed by atoms with van der Waals surface area (Å²) < 4.78 is 61.5. The van der Waals surface area contributed by atoms with Crippen LogP contribution >= 0.6 is 11.3 Å². The van der Waals surface area contributed by atoms with E-state index in [-0.39, 0.29) is 41.2 Å². The molecule has 0 saturated carbocycles. The predicted octanol–water partition coefficient (Wildman–Crippen LogP) is 5.95. The zero-order chi connectivity index (χ0) is 31.9. The Morgan fingerprint density at radius 1 is 0.977 bits per heavy atom. The van der Waals surface area contributed by atoms with E-state index in [0.717, 1.165) is 35.1 Å². The van der Waals surface area contributed by atoms with Crippen molar-refractivity contribution in [2.45, 2.75) is 51.8 Å². The summed E-state index contributed by atoms with van der Waals surface area (Å²) in [6.07, 6.45) is 0.154. The molecule has 0 bridgehead atoms. The van der Waals surface area contributed by atoms with Gasteiger partial charge in [0, 0.05) is 35.6 Å². The van der Waals surface area contributed by atoms with Gasteiger partial charge in [0.25, 0.3) is 5.56 Å². The fourth-order valence-corrected chi connectivity index (χ4v) is 6.48. The molecule has 0 radical (unpaired) electrons. The zero-order valence-corrected chi connectivity index (χ0v) is 25.7. The molecule has 2 aromatic heterocycles. The van der Waals surface area contributed by atoms with Crippen LogP contribution in [0.5, 0.6) is 11.5 Å². The smallest absolute Gasteiger partial charge is 0.410 e. The number of halogens is 3. The first-order valence-electron chi connectivity index (χ1n) is 13.9. The first-order valence-corrected chi connectivity index (χ1v) is 14.8. The number of carbonyl (C=O) groups is 1. The molecule has 13 heteroatoms. The van der Waals surface area contributed by atoms with Gasteiger partial charge in [-0.3, -0.25) is 13.9 Å². The van der Waals surface area contributed by atoms with Crippen LogP contribution in [0.4, 0.5) is 18.0 Å². The highest BCUT2D eigenvalue weighted by molar-refractivity contribution is 7.22. The van der Waals surface area contributed by atoms with Gasteiger partial charge in [0.1, 0.15) is 21.9 Å². The summed E-state index contributed by atoms with van der Waals surface area (Å²) in [6, 6.07) is 7.21. The van der Waals surface area contributed by atoms with Gasteiger partial charge in [0.15, 0.2) is 17.4 Å². The summed E-state index contributed by atoms with van der Waals surface area (Å²) in [4.78, 5) is 42.7. The Bertz CT molecular complexity index is 1830. The number of hydrogen-bond acceptors (Lipinski definition) is 7. The van der Waals surface area contributed by atoms with Crippen LogP contribution in [0.2, 0.25) is 0 Å². The highest BCUT2D eigenvalue weighted by Crippen LogP contribution is 2.38. The van der Waals surface area contributed by atoms with Crippen molar-refractivity contribution in [1.82, 2.24) is 14.0 Å². The van der Waals surface area contributed by atoms with E-state index in [1.165, 1.54) is 34.8 Å². The maximum Gasteiger partial charge on any atom is 0.410 e. The number of thiophene rings is 1. The van der Waals surface area contributed by atoms with Crippen LogP contribution in [0.3, 0.4) is 0 Å². The quantitative estimate of drug-likeness (QED) is 0.261. The van der Waals surface area contributed by atoms with Crippen molar-refractivity contribution >= 4 is 27.6 Å². The molecule has 1 saturated heterocycles. The fourth-order valence-electron chi connectivity index (χ4n) is 5.36. The van der Waals surface area contributed by atoms with E-state index in [9.17, 15) is 27.6 Å². The van der Waals surface area contributed by atoms with Gasteiger partial charge < -0.3 is 19.1 Å².